The Balaban J connectivity index is 0.00000288. The number of hydrogen-bond acceptors (Lipinski definition) is 11. The fourth-order valence-electron chi connectivity index (χ4n) is 2.57. The normalized spacial score (nSPS) is 49.5. The van der Waals surface area contributed by atoms with Gasteiger partial charge in [-0.2, -0.15) is 0 Å². The SMILES string of the molecule is O.OC[C@@H]1O[C@@H](O[C@@H]2[C@@H](O)[C@H](O)[C@H](O)O[C@H]2CO)[C@@H](O)[C@H](O)[C@H]1O. The quantitative estimate of drug-likeness (QED) is 0.235. The van der Waals surface area contributed by atoms with Crippen molar-refractivity contribution in [3.63, 3.8) is 0 Å². The number of aliphatic hydroxyl groups excluding tert-OH is 8. The average molecular weight is 360 g/mol. The minimum atomic E-state index is -1.74. The number of aliphatic hydroxyl groups is 8. The molecule has 2 aliphatic heterocycles. The third kappa shape index (κ3) is 4.01. The highest BCUT2D eigenvalue weighted by Crippen LogP contribution is 2.28. The summed E-state index contributed by atoms with van der Waals surface area (Å²) >= 11 is 0. The maximum atomic E-state index is 9.94. The van der Waals surface area contributed by atoms with E-state index in [1.54, 1.807) is 0 Å². The van der Waals surface area contributed by atoms with Crippen molar-refractivity contribution in [2.75, 3.05) is 13.2 Å². The van der Waals surface area contributed by atoms with Crippen LogP contribution in [0.1, 0.15) is 0 Å². The molecule has 0 spiro atoms. The standard InChI is InChI=1S/C12H22O11.H2O/c13-1-3-5(15)6(16)9(19)12(22-3)23-10-4(2-14)21-11(20)8(18)7(10)17;/h3-20H,1-2H2;1H2/t3-,4-,5-,6+,7-,8-,9-,10-,11+,12-;/m0./s1. The van der Waals surface area contributed by atoms with E-state index in [0.717, 1.165) is 0 Å². The van der Waals surface area contributed by atoms with Crippen molar-refractivity contribution in [3.05, 3.63) is 0 Å². The summed E-state index contributed by atoms with van der Waals surface area (Å²) in [4.78, 5) is 0. The first-order valence-electron chi connectivity index (χ1n) is 7.08. The van der Waals surface area contributed by atoms with Crippen molar-refractivity contribution < 1.29 is 60.5 Å². The van der Waals surface area contributed by atoms with E-state index in [9.17, 15) is 35.7 Å². The van der Waals surface area contributed by atoms with E-state index in [1.807, 2.05) is 0 Å². The van der Waals surface area contributed by atoms with Gasteiger partial charge in [-0.25, -0.2) is 0 Å². The molecule has 10 N–H and O–H groups in total. The van der Waals surface area contributed by atoms with Crippen LogP contribution in [0.2, 0.25) is 0 Å². The Morgan fingerprint density at radius 2 is 1.25 bits per heavy atom. The molecule has 0 amide bonds. The van der Waals surface area contributed by atoms with E-state index in [2.05, 4.69) is 0 Å². The summed E-state index contributed by atoms with van der Waals surface area (Å²) < 4.78 is 15.3. The maximum absolute atomic E-state index is 9.94. The number of ether oxygens (including phenoxy) is 3. The average Bonchev–Trinajstić information content (AvgIpc) is 2.55. The summed E-state index contributed by atoms with van der Waals surface area (Å²) in [5.41, 5.74) is 0. The highest BCUT2D eigenvalue weighted by molar-refractivity contribution is 4.93. The minimum absolute atomic E-state index is 0. The first-order chi connectivity index (χ1) is 10.8. The van der Waals surface area contributed by atoms with Crippen LogP contribution in [-0.4, -0.2) is 121 Å². The van der Waals surface area contributed by atoms with E-state index in [0.29, 0.717) is 0 Å². The summed E-state index contributed by atoms with van der Waals surface area (Å²) in [6.07, 6.45) is -15.6. The molecule has 0 aromatic heterocycles. The zero-order valence-corrected chi connectivity index (χ0v) is 12.5. The molecule has 0 aromatic rings. The molecule has 0 bridgehead atoms. The van der Waals surface area contributed by atoms with Gasteiger partial charge >= 0.3 is 0 Å². The van der Waals surface area contributed by atoms with Crippen molar-refractivity contribution in [3.8, 4) is 0 Å². The lowest BCUT2D eigenvalue weighted by Gasteiger charge is -2.45. The molecule has 2 heterocycles. The molecule has 24 heavy (non-hydrogen) atoms. The zero-order chi connectivity index (χ0) is 17.3. The van der Waals surface area contributed by atoms with Crippen LogP contribution in [0.5, 0.6) is 0 Å². The van der Waals surface area contributed by atoms with E-state index in [-0.39, 0.29) is 5.48 Å². The predicted molar refractivity (Wildman–Crippen MR) is 72.2 cm³/mol. The highest BCUT2D eigenvalue weighted by atomic mass is 16.7. The summed E-state index contributed by atoms with van der Waals surface area (Å²) in [5, 5.41) is 76.5. The largest absolute Gasteiger partial charge is 0.412 e. The molecular formula is C12H24O12. The first-order valence-corrected chi connectivity index (χ1v) is 7.08. The van der Waals surface area contributed by atoms with Gasteiger partial charge < -0.3 is 60.5 Å². The molecule has 0 aromatic carbocycles. The molecule has 144 valence electrons. The Labute approximate surface area is 136 Å². The van der Waals surface area contributed by atoms with Gasteiger partial charge in [0.2, 0.25) is 0 Å². The van der Waals surface area contributed by atoms with Gasteiger partial charge in [-0.3, -0.25) is 0 Å². The Bertz CT molecular complexity index is 379. The molecule has 2 aliphatic rings. The van der Waals surface area contributed by atoms with Crippen molar-refractivity contribution in [1.82, 2.24) is 0 Å². The summed E-state index contributed by atoms with van der Waals surface area (Å²) in [5.74, 6) is 0. The van der Waals surface area contributed by atoms with Crippen LogP contribution in [-0.2, 0) is 14.2 Å². The van der Waals surface area contributed by atoms with E-state index >= 15 is 0 Å². The maximum Gasteiger partial charge on any atom is 0.187 e. The third-order valence-corrected chi connectivity index (χ3v) is 3.98. The van der Waals surface area contributed by atoms with Gasteiger partial charge in [0.15, 0.2) is 12.6 Å². The first kappa shape index (κ1) is 21.6. The molecular weight excluding hydrogens is 336 g/mol. The van der Waals surface area contributed by atoms with Crippen molar-refractivity contribution in [2.45, 2.75) is 61.4 Å². The van der Waals surface area contributed by atoms with Gasteiger partial charge in [0.1, 0.15) is 48.8 Å². The Hall–Kier alpha value is -0.480. The van der Waals surface area contributed by atoms with Crippen LogP contribution in [0, 0.1) is 0 Å². The second-order valence-electron chi connectivity index (χ2n) is 5.53. The van der Waals surface area contributed by atoms with Gasteiger partial charge in [-0.05, 0) is 0 Å². The topological polar surface area (TPSA) is 221 Å². The van der Waals surface area contributed by atoms with Crippen LogP contribution in [0.25, 0.3) is 0 Å². The molecule has 2 rings (SSSR count). The molecule has 12 heteroatoms. The summed E-state index contributed by atoms with van der Waals surface area (Å²) in [6, 6.07) is 0. The molecule has 0 saturated carbocycles. The van der Waals surface area contributed by atoms with Gasteiger partial charge in [-0.1, -0.05) is 0 Å². The predicted octanol–water partition coefficient (Wildman–Crippen LogP) is -6.22. The van der Waals surface area contributed by atoms with Gasteiger partial charge in [0.25, 0.3) is 0 Å². The van der Waals surface area contributed by atoms with Crippen LogP contribution in [0.15, 0.2) is 0 Å². The molecule has 2 fully saturated rings. The second kappa shape index (κ2) is 8.75. The smallest absolute Gasteiger partial charge is 0.187 e. The van der Waals surface area contributed by atoms with Crippen LogP contribution >= 0.6 is 0 Å². The second-order valence-corrected chi connectivity index (χ2v) is 5.53. The third-order valence-electron chi connectivity index (χ3n) is 3.98. The Kier molecular flexibility index (Phi) is 7.86. The van der Waals surface area contributed by atoms with Gasteiger partial charge in [0.05, 0.1) is 13.2 Å². The van der Waals surface area contributed by atoms with Crippen molar-refractivity contribution >= 4 is 0 Å². The fourth-order valence-corrected chi connectivity index (χ4v) is 2.57. The molecule has 0 aliphatic carbocycles. The van der Waals surface area contributed by atoms with E-state index in [1.165, 1.54) is 0 Å². The minimum Gasteiger partial charge on any atom is -0.412 e. The van der Waals surface area contributed by atoms with Gasteiger partial charge in [0, 0.05) is 0 Å². The van der Waals surface area contributed by atoms with E-state index < -0.39 is 74.6 Å². The van der Waals surface area contributed by atoms with Crippen LogP contribution in [0.3, 0.4) is 0 Å². The molecule has 0 unspecified atom stereocenters. The molecule has 10 atom stereocenters. The zero-order valence-electron chi connectivity index (χ0n) is 12.5. The summed E-state index contributed by atoms with van der Waals surface area (Å²) in [7, 11) is 0. The van der Waals surface area contributed by atoms with Crippen molar-refractivity contribution in [1.29, 1.82) is 0 Å². The lowest BCUT2D eigenvalue weighted by molar-refractivity contribution is -0.355. The summed E-state index contributed by atoms with van der Waals surface area (Å²) in [6.45, 7) is -1.35. The number of rotatable bonds is 4. The number of hydrogen-bond donors (Lipinski definition) is 8. The Morgan fingerprint density at radius 1 is 0.667 bits per heavy atom. The van der Waals surface area contributed by atoms with Gasteiger partial charge in [-0.15, -0.1) is 0 Å². The lowest BCUT2D eigenvalue weighted by Crippen LogP contribution is -2.64. The molecule has 12 nitrogen and oxygen atoms in total. The highest BCUT2D eigenvalue weighted by Gasteiger charge is 2.50. The molecule has 2 saturated heterocycles. The lowest BCUT2D eigenvalue weighted by atomic mass is 9.97. The molecule has 0 radical (unpaired) electrons. The van der Waals surface area contributed by atoms with E-state index in [4.69, 9.17) is 19.3 Å². The monoisotopic (exact) mass is 360 g/mol. The van der Waals surface area contributed by atoms with Crippen LogP contribution in [0.4, 0.5) is 0 Å². The fraction of sp³-hybridized carbons (Fsp3) is 1.00. The van der Waals surface area contributed by atoms with Crippen molar-refractivity contribution in [2.24, 2.45) is 0 Å². The van der Waals surface area contributed by atoms with Crippen LogP contribution < -0.4 is 0 Å². The Morgan fingerprint density at radius 3 is 1.79 bits per heavy atom.